The summed E-state index contributed by atoms with van der Waals surface area (Å²) in [5.41, 5.74) is 1.27. The molecule has 120 valence electrons. The lowest BCUT2D eigenvalue weighted by atomic mass is 10.0. The second kappa shape index (κ2) is 6.34. The van der Waals surface area contributed by atoms with E-state index in [0.717, 1.165) is 5.56 Å². The highest BCUT2D eigenvalue weighted by atomic mass is 32.2. The zero-order valence-corrected chi connectivity index (χ0v) is 14.0. The van der Waals surface area contributed by atoms with Crippen LogP contribution in [0.1, 0.15) is 31.0 Å². The highest BCUT2D eigenvalue weighted by molar-refractivity contribution is 7.89. The molecule has 1 aromatic rings. The van der Waals surface area contributed by atoms with Crippen molar-refractivity contribution >= 4 is 10.0 Å². The van der Waals surface area contributed by atoms with Crippen LogP contribution in [-0.4, -0.2) is 49.8 Å². The Bertz CT molecular complexity index is 682. The Hall–Kier alpha value is -1.46. The molecule has 0 amide bonds. The summed E-state index contributed by atoms with van der Waals surface area (Å²) in [6, 6.07) is 8.53. The molecular formula is C15H21N3O3S. The molecule has 6 nitrogen and oxygen atoms in total. The maximum Gasteiger partial charge on any atom is 0.221 e. The molecule has 1 saturated heterocycles. The molecule has 0 saturated carbocycles. The fourth-order valence-electron chi connectivity index (χ4n) is 2.57. The van der Waals surface area contributed by atoms with Crippen molar-refractivity contribution in [1.29, 1.82) is 5.26 Å². The summed E-state index contributed by atoms with van der Waals surface area (Å²) in [6.07, 6.45) is 0. The van der Waals surface area contributed by atoms with Crippen molar-refractivity contribution in [3.8, 4) is 6.07 Å². The third kappa shape index (κ3) is 3.01. The number of benzene rings is 1. The van der Waals surface area contributed by atoms with Gasteiger partial charge in [-0.25, -0.2) is 12.7 Å². The van der Waals surface area contributed by atoms with Crippen molar-refractivity contribution in [2.45, 2.75) is 31.2 Å². The molecule has 1 aliphatic rings. The monoisotopic (exact) mass is 323 g/mol. The molecule has 1 aromatic carbocycles. The van der Waals surface area contributed by atoms with Gasteiger partial charge in [0.2, 0.25) is 10.0 Å². The summed E-state index contributed by atoms with van der Waals surface area (Å²) in [5, 5.41) is 9.90. The van der Waals surface area contributed by atoms with Crippen LogP contribution in [0.25, 0.3) is 0 Å². The van der Waals surface area contributed by atoms with E-state index in [0.29, 0.717) is 5.56 Å². The van der Waals surface area contributed by atoms with Gasteiger partial charge in [0.1, 0.15) is 5.25 Å². The van der Waals surface area contributed by atoms with E-state index in [1.54, 1.807) is 37.4 Å². The molecule has 1 aliphatic heterocycles. The van der Waals surface area contributed by atoms with Gasteiger partial charge in [0.15, 0.2) is 0 Å². The minimum Gasteiger partial charge on any atom is -0.297 e. The van der Waals surface area contributed by atoms with Crippen LogP contribution in [0.2, 0.25) is 0 Å². The normalized spacial score (nSPS) is 23.1. The first-order valence-corrected chi connectivity index (χ1v) is 8.62. The van der Waals surface area contributed by atoms with Gasteiger partial charge in [-0.1, -0.05) is 12.1 Å². The number of nitriles is 1. The van der Waals surface area contributed by atoms with Gasteiger partial charge in [0, 0.05) is 20.1 Å². The van der Waals surface area contributed by atoms with Crippen LogP contribution in [0.4, 0.5) is 0 Å². The second-order valence-corrected chi connectivity index (χ2v) is 7.93. The molecule has 7 heteroatoms. The Morgan fingerprint density at radius 1 is 1.45 bits per heavy atom. The highest BCUT2D eigenvalue weighted by Gasteiger charge is 2.45. The van der Waals surface area contributed by atoms with Gasteiger partial charge in [-0.2, -0.15) is 10.3 Å². The maximum atomic E-state index is 12.8. The third-order valence-corrected chi connectivity index (χ3v) is 6.44. The summed E-state index contributed by atoms with van der Waals surface area (Å²) in [4.78, 5) is 5.47. The zero-order chi connectivity index (χ0) is 16.5. The van der Waals surface area contributed by atoms with Crippen molar-refractivity contribution in [2.75, 3.05) is 20.7 Å². The van der Waals surface area contributed by atoms with E-state index >= 15 is 0 Å². The predicted octanol–water partition coefficient (Wildman–Crippen LogP) is 1.51. The SMILES string of the molecule is CC(C)N(C)S(=O)(=O)C1CON(C)C1c1cccc(C#N)c1. The molecule has 0 radical (unpaired) electrons. The van der Waals surface area contributed by atoms with Gasteiger partial charge < -0.3 is 0 Å². The quantitative estimate of drug-likeness (QED) is 0.840. The van der Waals surface area contributed by atoms with Gasteiger partial charge in [-0.15, -0.1) is 0 Å². The molecule has 0 spiro atoms. The largest absolute Gasteiger partial charge is 0.297 e. The standard InChI is InChI=1S/C15H21N3O3S/c1-11(2)18(4)22(19,20)14-10-21-17(3)15(14)13-7-5-6-12(8-13)9-16/h5-8,11,14-15H,10H2,1-4H3. The van der Waals surface area contributed by atoms with Gasteiger partial charge >= 0.3 is 0 Å². The summed E-state index contributed by atoms with van der Waals surface area (Å²) in [6.45, 7) is 3.78. The van der Waals surface area contributed by atoms with Gasteiger partial charge in [0.25, 0.3) is 0 Å². The molecule has 22 heavy (non-hydrogen) atoms. The fourth-order valence-corrected chi connectivity index (χ4v) is 4.47. The Morgan fingerprint density at radius 2 is 2.14 bits per heavy atom. The minimum absolute atomic E-state index is 0.108. The number of sulfonamides is 1. The second-order valence-electron chi connectivity index (χ2n) is 5.72. The van der Waals surface area contributed by atoms with Crippen molar-refractivity contribution in [3.63, 3.8) is 0 Å². The molecule has 1 heterocycles. The van der Waals surface area contributed by atoms with Crippen LogP contribution < -0.4 is 0 Å². The van der Waals surface area contributed by atoms with E-state index in [1.807, 2.05) is 19.9 Å². The third-order valence-electron chi connectivity index (χ3n) is 4.05. The Kier molecular flexibility index (Phi) is 4.87. The average molecular weight is 323 g/mol. The van der Waals surface area contributed by atoms with E-state index in [-0.39, 0.29) is 12.6 Å². The highest BCUT2D eigenvalue weighted by Crippen LogP contribution is 2.35. The number of rotatable bonds is 4. The number of hydrogen-bond acceptors (Lipinski definition) is 5. The van der Waals surface area contributed by atoms with Crippen molar-refractivity contribution in [3.05, 3.63) is 35.4 Å². The first-order chi connectivity index (χ1) is 10.3. The molecule has 0 bridgehead atoms. The Labute approximate surface area is 131 Å². The first kappa shape index (κ1) is 16.9. The lowest BCUT2D eigenvalue weighted by Gasteiger charge is -2.28. The molecular weight excluding hydrogens is 302 g/mol. The van der Waals surface area contributed by atoms with Gasteiger partial charge in [0.05, 0.1) is 24.3 Å². The first-order valence-electron chi connectivity index (χ1n) is 7.11. The summed E-state index contributed by atoms with van der Waals surface area (Å²) < 4.78 is 27.0. The molecule has 0 N–H and O–H groups in total. The van der Waals surface area contributed by atoms with Crippen LogP contribution >= 0.6 is 0 Å². The van der Waals surface area contributed by atoms with Crippen molar-refractivity contribution in [2.24, 2.45) is 0 Å². The van der Waals surface area contributed by atoms with Crippen LogP contribution in [0.15, 0.2) is 24.3 Å². The molecule has 2 unspecified atom stereocenters. The lowest BCUT2D eigenvalue weighted by molar-refractivity contribution is -0.110. The molecule has 0 aromatic heterocycles. The molecule has 2 rings (SSSR count). The topological polar surface area (TPSA) is 73.6 Å². The van der Waals surface area contributed by atoms with Crippen LogP contribution in [0.3, 0.4) is 0 Å². The number of hydroxylamine groups is 2. The Balaban J connectivity index is 2.42. The average Bonchev–Trinajstić information content (AvgIpc) is 2.88. The maximum absolute atomic E-state index is 12.8. The van der Waals surface area contributed by atoms with Crippen LogP contribution in [0, 0.1) is 11.3 Å². The molecule has 0 aliphatic carbocycles. The summed E-state index contributed by atoms with van der Waals surface area (Å²) in [5.74, 6) is 0. The van der Waals surface area contributed by atoms with Gasteiger partial charge in [-0.05, 0) is 31.5 Å². The molecule has 1 fully saturated rings. The molecule has 2 atom stereocenters. The smallest absolute Gasteiger partial charge is 0.221 e. The fraction of sp³-hybridized carbons (Fsp3) is 0.533. The Morgan fingerprint density at radius 3 is 2.73 bits per heavy atom. The van der Waals surface area contributed by atoms with E-state index in [9.17, 15) is 8.42 Å². The lowest BCUT2D eigenvalue weighted by Crippen LogP contribution is -2.43. The predicted molar refractivity (Wildman–Crippen MR) is 83.2 cm³/mol. The van der Waals surface area contributed by atoms with E-state index < -0.39 is 21.3 Å². The van der Waals surface area contributed by atoms with Gasteiger partial charge in [-0.3, -0.25) is 4.84 Å². The number of nitrogens with zero attached hydrogens (tertiary/aromatic N) is 3. The zero-order valence-electron chi connectivity index (χ0n) is 13.2. The summed E-state index contributed by atoms with van der Waals surface area (Å²) in [7, 11) is -0.203. The van der Waals surface area contributed by atoms with Crippen LogP contribution in [0.5, 0.6) is 0 Å². The van der Waals surface area contributed by atoms with Crippen LogP contribution in [-0.2, 0) is 14.9 Å². The van der Waals surface area contributed by atoms with E-state index in [2.05, 4.69) is 6.07 Å². The summed E-state index contributed by atoms with van der Waals surface area (Å²) >= 11 is 0. The number of hydrogen-bond donors (Lipinski definition) is 0. The van der Waals surface area contributed by atoms with Crippen molar-refractivity contribution in [1.82, 2.24) is 9.37 Å². The van der Waals surface area contributed by atoms with E-state index in [4.69, 9.17) is 10.1 Å². The van der Waals surface area contributed by atoms with E-state index in [1.165, 1.54) is 4.31 Å². The minimum atomic E-state index is -3.50. The van der Waals surface area contributed by atoms with Crippen molar-refractivity contribution < 1.29 is 13.3 Å².